The lowest BCUT2D eigenvalue weighted by Gasteiger charge is -2.14. The highest BCUT2D eigenvalue weighted by molar-refractivity contribution is 5.80. The Hall–Kier alpha value is -1.63. The molecule has 0 rings (SSSR count). The first-order chi connectivity index (χ1) is 6.82. The van der Waals surface area contributed by atoms with E-state index in [1.807, 2.05) is 0 Å². The molecule has 0 spiro atoms. The second-order valence-electron chi connectivity index (χ2n) is 3.25. The smallest absolute Gasteiger partial charge is 0.325 e. The predicted octanol–water partition coefficient (Wildman–Crippen LogP) is -0.210. The normalized spacial score (nSPS) is 11.9. The molecular formula is C8H13NO6. The first kappa shape index (κ1) is 13.4. The van der Waals surface area contributed by atoms with Crippen molar-refractivity contribution in [2.24, 2.45) is 5.92 Å². The van der Waals surface area contributed by atoms with Crippen LogP contribution in [-0.2, 0) is 14.4 Å². The molecule has 86 valence electrons. The molecule has 0 aliphatic heterocycles. The molecule has 7 heteroatoms. The second-order valence-corrected chi connectivity index (χ2v) is 3.25. The first-order valence-corrected chi connectivity index (χ1v) is 4.25. The maximum Gasteiger partial charge on any atom is 0.325 e. The lowest BCUT2D eigenvalue weighted by atomic mass is 10.0. The summed E-state index contributed by atoms with van der Waals surface area (Å²) in [7, 11) is 0. The summed E-state index contributed by atoms with van der Waals surface area (Å²) in [4.78, 5) is 31.5. The Balaban J connectivity index is 4.01. The number of rotatable bonds is 6. The fourth-order valence-corrected chi connectivity index (χ4v) is 0.990. The van der Waals surface area contributed by atoms with Gasteiger partial charge in [-0.05, 0) is 5.92 Å². The largest absolute Gasteiger partial charge is 0.481 e. The molecule has 0 saturated heterocycles. The third-order valence-corrected chi connectivity index (χ3v) is 1.62. The maximum atomic E-state index is 11.1. The summed E-state index contributed by atoms with van der Waals surface area (Å²) >= 11 is 0. The standard InChI is InChI=1S/C8H13NO6/c1-5(3-7(11)12)2-6(10)9(15)4-8(13)14/h5,15H,2-4H2,1H3,(H,11,12)(H,13,14). The third kappa shape index (κ3) is 6.44. The van der Waals surface area contributed by atoms with Crippen LogP contribution in [0, 0.1) is 5.92 Å². The second kappa shape index (κ2) is 5.97. The number of carbonyl (C=O) groups is 3. The van der Waals surface area contributed by atoms with Gasteiger partial charge in [-0.15, -0.1) is 0 Å². The lowest BCUT2D eigenvalue weighted by molar-refractivity contribution is -0.174. The summed E-state index contributed by atoms with van der Waals surface area (Å²) in [6.45, 7) is 0.721. The number of carbonyl (C=O) groups excluding carboxylic acids is 1. The molecule has 0 aromatic heterocycles. The van der Waals surface area contributed by atoms with Gasteiger partial charge in [-0.1, -0.05) is 6.92 Å². The Labute approximate surface area is 85.9 Å². The van der Waals surface area contributed by atoms with Gasteiger partial charge in [0.2, 0.25) is 5.91 Å². The summed E-state index contributed by atoms with van der Waals surface area (Å²) in [6.07, 6.45) is -0.400. The minimum atomic E-state index is -1.34. The minimum Gasteiger partial charge on any atom is -0.481 e. The van der Waals surface area contributed by atoms with Crippen molar-refractivity contribution in [2.75, 3.05) is 6.54 Å². The van der Waals surface area contributed by atoms with E-state index in [0.29, 0.717) is 0 Å². The zero-order chi connectivity index (χ0) is 12.0. The number of aliphatic carboxylic acids is 2. The van der Waals surface area contributed by atoms with Crippen molar-refractivity contribution in [3.63, 3.8) is 0 Å². The van der Waals surface area contributed by atoms with Crippen LogP contribution in [0.5, 0.6) is 0 Å². The SMILES string of the molecule is CC(CC(=O)O)CC(=O)N(O)CC(=O)O. The zero-order valence-corrected chi connectivity index (χ0v) is 8.21. The van der Waals surface area contributed by atoms with E-state index in [1.54, 1.807) is 0 Å². The van der Waals surface area contributed by atoms with E-state index < -0.39 is 30.3 Å². The highest BCUT2D eigenvalue weighted by Gasteiger charge is 2.18. The van der Waals surface area contributed by atoms with Crippen LogP contribution in [0.15, 0.2) is 0 Å². The molecule has 0 bridgehead atoms. The number of hydrogen-bond acceptors (Lipinski definition) is 4. The highest BCUT2D eigenvalue weighted by atomic mass is 16.5. The van der Waals surface area contributed by atoms with Crippen LogP contribution in [0.1, 0.15) is 19.8 Å². The van der Waals surface area contributed by atoms with Crippen molar-refractivity contribution in [3.8, 4) is 0 Å². The van der Waals surface area contributed by atoms with Crippen LogP contribution in [0.4, 0.5) is 0 Å². The molecule has 7 nitrogen and oxygen atoms in total. The summed E-state index contributed by atoms with van der Waals surface area (Å²) in [5.74, 6) is -3.63. The van der Waals surface area contributed by atoms with Crippen LogP contribution in [0.25, 0.3) is 0 Å². The fourth-order valence-electron chi connectivity index (χ4n) is 0.990. The summed E-state index contributed by atoms with van der Waals surface area (Å²) < 4.78 is 0. The van der Waals surface area contributed by atoms with Crippen molar-refractivity contribution in [3.05, 3.63) is 0 Å². The van der Waals surface area contributed by atoms with Gasteiger partial charge in [0.25, 0.3) is 0 Å². The third-order valence-electron chi connectivity index (χ3n) is 1.62. The van der Waals surface area contributed by atoms with Gasteiger partial charge in [-0.2, -0.15) is 0 Å². The van der Waals surface area contributed by atoms with Crippen molar-refractivity contribution in [1.82, 2.24) is 5.06 Å². The van der Waals surface area contributed by atoms with E-state index >= 15 is 0 Å². The average Bonchev–Trinajstić information content (AvgIpc) is 2.00. The number of hydroxylamine groups is 2. The molecule has 1 amide bonds. The van der Waals surface area contributed by atoms with E-state index in [1.165, 1.54) is 6.92 Å². The number of amides is 1. The van der Waals surface area contributed by atoms with Crippen LogP contribution in [0.2, 0.25) is 0 Å². The van der Waals surface area contributed by atoms with E-state index in [4.69, 9.17) is 15.4 Å². The van der Waals surface area contributed by atoms with Crippen molar-refractivity contribution >= 4 is 17.8 Å². The predicted molar refractivity (Wildman–Crippen MR) is 47.2 cm³/mol. The molecule has 3 N–H and O–H groups in total. The number of hydrogen-bond donors (Lipinski definition) is 3. The van der Waals surface area contributed by atoms with Gasteiger partial charge >= 0.3 is 11.9 Å². The molecule has 1 unspecified atom stereocenters. The van der Waals surface area contributed by atoms with Gasteiger partial charge in [0, 0.05) is 12.8 Å². The number of carboxylic acids is 2. The van der Waals surface area contributed by atoms with E-state index in [0.717, 1.165) is 0 Å². The Morgan fingerprint density at radius 3 is 2.07 bits per heavy atom. The molecular weight excluding hydrogens is 206 g/mol. The molecule has 0 radical (unpaired) electrons. The van der Waals surface area contributed by atoms with Crippen molar-refractivity contribution < 1.29 is 29.8 Å². The number of nitrogens with zero attached hydrogens (tertiary/aromatic N) is 1. The Bertz CT molecular complexity index is 264. The molecule has 0 aromatic carbocycles. The lowest BCUT2D eigenvalue weighted by Crippen LogP contribution is -2.33. The minimum absolute atomic E-state index is 0.0701. The zero-order valence-electron chi connectivity index (χ0n) is 8.21. The average molecular weight is 219 g/mol. The van der Waals surface area contributed by atoms with Crippen LogP contribution >= 0.6 is 0 Å². The monoisotopic (exact) mass is 219 g/mol. The quantitative estimate of drug-likeness (QED) is 0.420. The molecule has 0 aromatic rings. The van der Waals surface area contributed by atoms with Crippen molar-refractivity contribution in [1.29, 1.82) is 0 Å². The highest BCUT2D eigenvalue weighted by Crippen LogP contribution is 2.08. The van der Waals surface area contributed by atoms with Gasteiger partial charge in [-0.3, -0.25) is 19.6 Å². The topological polar surface area (TPSA) is 115 Å². The van der Waals surface area contributed by atoms with Gasteiger partial charge < -0.3 is 10.2 Å². The molecule has 0 aliphatic carbocycles. The maximum absolute atomic E-state index is 11.1. The molecule has 0 heterocycles. The van der Waals surface area contributed by atoms with E-state index in [2.05, 4.69) is 0 Å². The Morgan fingerprint density at radius 1 is 1.13 bits per heavy atom. The van der Waals surface area contributed by atoms with Gasteiger partial charge in [0.15, 0.2) is 0 Å². The van der Waals surface area contributed by atoms with Gasteiger partial charge in [0.05, 0.1) is 0 Å². The van der Waals surface area contributed by atoms with Crippen LogP contribution in [-0.4, -0.2) is 44.9 Å². The molecule has 0 aliphatic rings. The molecule has 1 atom stereocenters. The van der Waals surface area contributed by atoms with Crippen molar-refractivity contribution in [2.45, 2.75) is 19.8 Å². The summed E-state index contributed by atoms with van der Waals surface area (Å²) in [6, 6.07) is 0. The van der Waals surface area contributed by atoms with E-state index in [9.17, 15) is 14.4 Å². The van der Waals surface area contributed by atoms with Crippen LogP contribution < -0.4 is 0 Å². The van der Waals surface area contributed by atoms with Gasteiger partial charge in [-0.25, -0.2) is 5.06 Å². The molecule has 0 fully saturated rings. The Kier molecular flexibility index (Phi) is 5.32. The molecule has 15 heavy (non-hydrogen) atoms. The summed E-state index contributed by atoms with van der Waals surface area (Å²) in [5, 5.41) is 25.7. The van der Waals surface area contributed by atoms with Gasteiger partial charge in [0.1, 0.15) is 6.54 Å². The van der Waals surface area contributed by atoms with Crippen LogP contribution in [0.3, 0.4) is 0 Å². The number of carboxylic acid groups (broad SMARTS) is 2. The van der Waals surface area contributed by atoms with E-state index in [-0.39, 0.29) is 17.9 Å². The Morgan fingerprint density at radius 2 is 1.67 bits per heavy atom. The fraction of sp³-hybridized carbons (Fsp3) is 0.625. The summed E-state index contributed by atoms with van der Waals surface area (Å²) in [5.41, 5.74) is 0. The first-order valence-electron chi connectivity index (χ1n) is 4.25. The molecule has 0 saturated carbocycles.